The summed E-state index contributed by atoms with van der Waals surface area (Å²) in [5.74, 6) is 0. The molecule has 1 atom stereocenters. The van der Waals surface area contributed by atoms with E-state index < -0.39 is 0 Å². The van der Waals surface area contributed by atoms with Gasteiger partial charge in [-0.3, -0.25) is 0 Å². The maximum atomic E-state index is 9.76. The van der Waals surface area contributed by atoms with Crippen LogP contribution in [0.2, 0.25) is 0 Å². The van der Waals surface area contributed by atoms with Crippen LogP contribution in [0.1, 0.15) is 30.9 Å². The highest BCUT2D eigenvalue weighted by molar-refractivity contribution is 5.83. The Labute approximate surface area is 107 Å². The fraction of sp³-hybridized carbons (Fsp3) is 0.467. The summed E-state index contributed by atoms with van der Waals surface area (Å²) in [6, 6.07) is 8.58. The molecule has 0 amide bonds. The van der Waals surface area contributed by atoms with E-state index >= 15 is 0 Å². The quantitative estimate of drug-likeness (QED) is 0.774. The van der Waals surface area contributed by atoms with Crippen molar-refractivity contribution in [3.8, 4) is 0 Å². The van der Waals surface area contributed by atoms with Gasteiger partial charge in [0, 0.05) is 28.6 Å². The Morgan fingerprint density at radius 3 is 2.78 bits per heavy atom. The number of para-hydroxylation sites is 1. The standard InChI is InChI=1S/C15H20N2O/c1-16-14(15(10-18)7-4-8-15)12-9-17-13-6-3-2-5-11(12)13/h2-3,5-6,9,14,16-18H,4,7-8,10H2,1H3. The Morgan fingerprint density at radius 1 is 1.39 bits per heavy atom. The van der Waals surface area contributed by atoms with E-state index in [9.17, 15) is 5.11 Å². The molecule has 0 spiro atoms. The van der Waals surface area contributed by atoms with Crippen molar-refractivity contribution in [1.29, 1.82) is 0 Å². The lowest BCUT2D eigenvalue weighted by molar-refractivity contribution is 0.00830. The van der Waals surface area contributed by atoms with Gasteiger partial charge in [0.05, 0.1) is 6.61 Å². The van der Waals surface area contributed by atoms with Gasteiger partial charge in [-0.25, -0.2) is 0 Å². The summed E-state index contributed by atoms with van der Waals surface area (Å²) in [7, 11) is 1.99. The minimum Gasteiger partial charge on any atom is -0.396 e. The zero-order valence-corrected chi connectivity index (χ0v) is 10.7. The van der Waals surface area contributed by atoms with Gasteiger partial charge in [0.1, 0.15) is 0 Å². The Morgan fingerprint density at radius 2 is 2.17 bits per heavy atom. The molecule has 0 saturated heterocycles. The Bertz CT molecular complexity index is 537. The van der Waals surface area contributed by atoms with Gasteiger partial charge in [-0.2, -0.15) is 0 Å². The molecule has 0 radical (unpaired) electrons. The number of aromatic nitrogens is 1. The van der Waals surface area contributed by atoms with Gasteiger partial charge >= 0.3 is 0 Å². The van der Waals surface area contributed by atoms with Crippen molar-refractivity contribution in [2.45, 2.75) is 25.3 Å². The van der Waals surface area contributed by atoms with Crippen LogP contribution in [0.15, 0.2) is 30.5 Å². The number of aliphatic hydroxyl groups is 1. The molecular weight excluding hydrogens is 224 g/mol. The molecule has 1 unspecified atom stereocenters. The van der Waals surface area contributed by atoms with E-state index in [2.05, 4.69) is 34.7 Å². The van der Waals surface area contributed by atoms with Crippen molar-refractivity contribution in [1.82, 2.24) is 10.3 Å². The molecule has 3 N–H and O–H groups in total. The van der Waals surface area contributed by atoms with E-state index in [1.807, 2.05) is 13.1 Å². The van der Waals surface area contributed by atoms with E-state index in [1.54, 1.807) is 0 Å². The minimum absolute atomic E-state index is 0.0275. The number of benzene rings is 1. The van der Waals surface area contributed by atoms with Gasteiger partial charge in [-0.05, 0) is 31.5 Å². The summed E-state index contributed by atoms with van der Waals surface area (Å²) in [4.78, 5) is 3.33. The molecule has 1 aliphatic carbocycles. The van der Waals surface area contributed by atoms with E-state index in [0.717, 1.165) is 12.8 Å². The van der Waals surface area contributed by atoms with Gasteiger partial charge in [0.15, 0.2) is 0 Å². The van der Waals surface area contributed by atoms with Crippen LogP contribution in [0.4, 0.5) is 0 Å². The average Bonchev–Trinajstić information content (AvgIpc) is 2.77. The number of aromatic amines is 1. The topological polar surface area (TPSA) is 48.0 Å². The molecule has 1 aromatic heterocycles. The molecule has 3 rings (SSSR count). The molecule has 2 aromatic rings. The zero-order chi connectivity index (χ0) is 12.6. The molecule has 3 heteroatoms. The number of nitrogens with one attached hydrogen (secondary N) is 2. The fourth-order valence-corrected chi connectivity index (χ4v) is 3.29. The van der Waals surface area contributed by atoms with Crippen LogP contribution < -0.4 is 5.32 Å². The van der Waals surface area contributed by atoms with E-state index in [1.165, 1.54) is 22.9 Å². The first-order valence-electron chi connectivity index (χ1n) is 6.65. The Balaban J connectivity index is 2.06. The lowest BCUT2D eigenvalue weighted by Crippen LogP contribution is -2.44. The number of aliphatic hydroxyl groups excluding tert-OH is 1. The molecule has 0 bridgehead atoms. The summed E-state index contributed by atoms with van der Waals surface area (Å²) >= 11 is 0. The average molecular weight is 244 g/mol. The van der Waals surface area contributed by atoms with Crippen LogP contribution in [0.25, 0.3) is 10.9 Å². The molecule has 96 valence electrons. The van der Waals surface area contributed by atoms with E-state index in [0.29, 0.717) is 0 Å². The van der Waals surface area contributed by atoms with Crippen LogP contribution in [-0.4, -0.2) is 23.7 Å². The maximum absolute atomic E-state index is 9.76. The van der Waals surface area contributed by atoms with Crippen LogP contribution in [-0.2, 0) is 0 Å². The van der Waals surface area contributed by atoms with Crippen LogP contribution in [0.5, 0.6) is 0 Å². The molecule has 18 heavy (non-hydrogen) atoms. The van der Waals surface area contributed by atoms with Crippen molar-refractivity contribution in [3.05, 3.63) is 36.0 Å². The molecule has 3 nitrogen and oxygen atoms in total. The van der Waals surface area contributed by atoms with Gasteiger partial charge in [-0.1, -0.05) is 24.6 Å². The highest BCUT2D eigenvalue weighted by Gasteiger charge is 2.44. The second-order valence-electron chi connectivity index (χ2n) is 5.39. The number of H-pyrrole nitrogens is 1. The normalized spacial score (nSPS) is 19.7. The number of rotatable bonds is 4. The third-order valence-electron chi connectivity index (χ3n) is 4.50. The Kier molecular flexibility index (Phi) is 2.88. The Hall–Kier alpha value is -1.32. The number of hydrogen-bond acceptors (Lipinski definition) is 2. The molecule has 0 aliphatic heterocycles. The molecule has 1 saturated carbocycles. The fourth-order valence-electron chi connectivity index (χ4n) is 3.29. The van der Waals surface area contributed by atoms with Gasteiger partial charge in [0.2, 0.25) is 0 Å². The number of fused-ring (bicyclic) bond motifs is 1. The summed E-state index contributed by atoms with van der Waals surface area (Å²) in [6.07, 6.45) is 5.52. The molecule has 1 fully saturated rings. The first-order valence-corrected chi connectivity index (χ1v) is 6.65. The third kappa shape index (κ3) is 1.58. The number of hydrogen-bond donors (Lipinski definition) is 3. The first-order chi connectivity index (χ1) is 8.80. The predicted molar refractivity (Wildman–Crippen MR) is 73.5 cm³/mol. The van der Waals surface area contributed by atoms with Crippen molar-refractivity contribution in [3.63, 3.8) is 0 Å². The smallest absolute Gasteiger partial charge is 0.0505 e. The van der Waals surface area contributed by atoms with Crippen molar-refractivity contribution < 1.29 is 5.11 Å². The highest BCUT2D eigenvalue weighted by Crippen LogP contribution is 2.50. The largest absolute Gasteiger partial charge is 0.396 e. The summed E-state index contributed by atoms with van der Waals surface area (Å²) in [5.41, 5.74) is 2.47. The van der Waals surface area contributed by atoms with Crippen LogP contribution in [0, 0.1) is 5.41 Å². The molecule has 1 heterocycles. The highest BCUT2D eigenvalue weighted by atomic mass is 16.3. The second kappa shape index (κ2) is 4.41. The van der Waals surface area contributed by atoms with Gasteiger partial charge in [0.25, 0.3) is 0 Å². The van der Waals surface area contributed by atoms with Crippen molar-refractivity contribution in [2.75, 3.05) is 13.7 Å². The molecule has 1 aliphatic rings. The summed E-state index contributed by atoms with van der Waals surface area (Å²) in [6.45, 7) is 0.262. The van der Waals surface area contributed by atoms with Crippen molar-refractivity contribution in [2.24, 2.45) is 5.41 Å². The first kappa shape index (κ1) is 11.8. The van der Waals surface area contributed by atoms with Crippen LogP contribution in [0.3, 0.4) is 0 Å². The van der Waals surface area contributed by atoms with Gasteiger partial charge < -0.3 is 15.4 Å². The summed E-state index contributed by atoms with van der Waals surface area (Å²) < 4.78 is 0. The monoisotopic (exact) mass is 244 g/mol. The van der Waals surface area contributed by atoms with E-state index in [4.69, 9.17) is 0 Å². The lowest BCUT2D eigenvalue weighted by Gasteiger charge is -2.46. The SMILES string of the molecule is CNC(c1c[nH]c2ccccc12)C1(CO)CCC1. The lowest BCUT2D eigenvalue weighted by atomic mass is 9.63. The molecular formula is C15H20N2O. The van der Waals surface area contributed by atoms with E-state index in [-0.39, 0.29) is 18.1 Å². The van der Waals surface area contributed by atoms with Gasteiger partial charge in [-0.15, -0.1) is 0 Å². The summed E-state index contributed by atoms with van der Waals surface area (Å²) in [5, 5.41) is 14.4. The van der Waals surface area contributed by atoms with Crippen molar-refractivity contribution >= 4 is 10.9 Å². The van der Waals surface area contributed by atoms with Crippen LogP contribution >= 0.6 is 0 Å². The second-order valence-corrected chi connectivity index (χ2v) is 5.39. The minimum atomic E-state index is 0.0275. The maximum Gasteiger partial charge on any atom is 0.0505 e. The predicted octanol–water partition coefficient (Wildman–Crippen LogP) is 2.59. The molecule has 1 aromatic carbocycles. The third-order valence-corrected chi connectivity index (χ3v) is 4.50. The zero-order valence-electron chi connectivity index (χ0n) is 10.7.